The van der Waals surface area contributed by atoms with Crippen LogP contribution in [0.5, 0.6) is 0 Å². The normalized spacial score (nSPS) is 11.6. The van der Waals surface area contributed by atoms with Crippen molar-refractivity contribution in [2.45, 2.75) is 16.0 Å². The first-order chi connectivity index (χ1) is 28.2. The maximum atomic E-state index is 5.21. The number of hydrogen-bond acceptors (Lipinski definition) is 6. The molecule has 0 aliphatic carbocycles. The summed E-state index contributed by atoms with van der Waals surface area (Å²) in [6.07, 6.45) is 17.4. The third-order valence-corrected chi connectivity index (χ3v) is 16.2. The molecule has 9 nitrogen and oxygen atoms in total. The van der Waals surface area contributed by atoms with Crippen LogP contribution in [0.3, 0.4) is 0 Å². The molecule has 0 saturated carbocycles. The predicted octanol–water partition coefficient (Wildman–Crippen LogP) is 5.40. The standard InChI is InChI=1S/C45H33N9Se3/c1-4-19-52-37(13-1)43(49-40(52)34-10-7-16-46-25-34)55-28-31-22-32(29-56-44-38-14-2-5-20-53(38)41(50-44)35-11-8-17-47-26-35)24-33(23-31)30-57-45-39-15-3-6-21-54(39)42(51-45)36-12-9-18-48-27-36/h1-27H,28-30H2. The van der Waals surface area contributed by atoms with E-state index in [0.717, 1.165) is 80.4 Å². The Bertz CT molecular complexity index is 2650. The minimum atomic E-state index is 0.108. The first kappa shape index (κ1) is 35.7. The summed E-state index contributed by atoms with van der Waals surface area (Å²) in [6.45, 7) is 0. The fraction of sp³-hybridized carbons (Fsp3) is 0.0667. The van der Waals surface area contributed by atoms with E-state index < -0.39 is 0 Å². The van der Waals surface area contributed by atoms with Gasteiger partial charge in [-0.2, -0.15) is 0 Å². The van der Waals surface area contributed by atoms with Crippen molar-refractivity contribution in [3.63, 3.8) is 0 Å². The van der Waals surface area contributed by atoms with Crippen molar-refractivity contribution >= 4 is 75.2 Å². The topological polar surface area (TPSA) is 90.6 Å². The summed E-state index contributed by atoms with van der Waals surface area (Å²) < 4.78 is 10.1. The molecule has 12 heteroatoms. The molecule has 0 N–H and O–H groups in total. The Balaban J connectivity index is 0.971. The molecule has 0 unspecified atom stereocenters. The first-order valence-electron chi connectivity index (χ1n) is 18.4. The zero-order valence-corrected chi connectivity index (χ0v) is 35.6. The SMILES string of the molecule is c1cncc(-c2nc([Se]Cc3cc(C[Se]c4nc(-c5cccnc5)n5ccccc45)cc(C[Se]c4nc(-c5cccnc5)n5ccccc45)c3)c3ccccn23)c1. The molecule has 0 spiro atoms. The van der Waals surface area contributed by atoms with Gasteiger partial charge >= 0.3 is 350 Å². The zero-order chi connectivity index (χ0) is 38.0. The zero-order valence-electron chi connectivity index (χ0n) is 30.5. The Morgan fingerprint density at radius 3 is 1.02 bits per heavy atom. The number of nitrogens with zero attached hydrogens (tertiary/aromatic N) is 9. The first-order valence-corrected chi connectivity index (χ1v) is 24.6. The van der Waals surface area contributed by atoms with Gasteiger partial charge in [0.25, 0.3) is 0 Å². The molecule has 9 aromatic heterocycles. The summed E-state index contributed by atoms with van der Waals surface area (Å²) in [5.41, 5.74) is 10.6. The van der Waals surface area contributed by atoms with Crippen LogP contribution in [0.1, 0.15) is 16.7 Å². The van der Waals surface area contributed by atoms with Crippen LogP contribution in [0, 0.1) is 0 Å². The Hall–Kier alpha value is -5.70. The second-order valence-electron chi connectivity index (χ2n) is 13.3. The number of rotatable bonds is 12. The molecule has 1 aromatic carbocycles. The number of benzene rings is 1. The van der Waals surface area contributed by atoms with Gasteiger partial charge in [-0.25, -0.2) is 0 Å². The molecule has 10 aromatic rings. The Kier molecular flexibility index (Phi) is 10.0. The van der Waals surface area contributed by atoms with E-state index in [1.54, 1.807) is 18.6 Å². The number of hydrogen-bond donors (Lipinski definition) is 0. The van der Waals surface area contributed by atoms with Gasteiger partial charge in [0.1, 0.15) is 0 Å². The van der Waals surface area contributed by atoms with Crippen molar-refractivity contribution in [2.24, 2.45) is 0 Å². The summed E-state index contributed by atoms with van der Waals surface area (Å²) in [4.78, 5) is 28.8. The number of aromatic nitrogens is 9. The molecule has 0 fully saturated rings. The van der Waals surface area contributed by atoms with Crippen LogP contribution in [0.4, 0.5) is 0 Å². The molecule has 57 heavy (non-hydrogen) atoms. The van der Waals surface area contributed by atoms with Crippen molar-refractivity contribution in [3.05, 3.63) is 182 Å². The second-order valence-corrected chi connectivity index (χ2v) is 19.4. The predicted molar refractivity (Wildman–Crippen MR) is 229 cm³/mol. The van der Waals surface area contributed by atoms with Gasteiger partial charge < -0.3 is 0 Å². The van der Waals surface area contributed by atoms with Crippen molar-refractivity contribution in [1.29, 1.82) is 0 Å². The van der Waals surface area contributed by atoms with E-state index in [9.17, 15) is 0 Å². The van der Waals surface area contributed by atoms with Gasteiger partial charge in [0.2, 0.25) is 0 Å². The van der Waals surface area contributed by atoms with Crippen LogP contribution in [-0.4, -0.2) is 88.0 Å². The third-order valence-electron chi connectivity index (χ3n) is 9.54. The van der Waals surface area contributed by atoms with E-state index in [4.69, 9.17) is 15.0 Å². The van der Waals surface area contributed by atoms with Gasteiger partial charge in [-0.15, -0.1) is 0 Å². The number of pyridine rings is 6. The Labute approximate surface area is 347 Å². The van der Waals surface area contributed by atoms with Gasteiger partial charge in [-0.3, -0.25) is 0 Å². The molecule has 0 aliphatic rings. The molecule has 0 atom stereocenters. The van der Waals surface area contributed by atoms with Crippen LogP contribution in [0.2, 0.25) is 0 Å². The van der Waals surface area contributed by atoms with Crippen molar-refractivity contribution < 1.29 is 0 Å². The third kappa shape index (κ3) is 7.36. The van der Waals surface area contributed by atoms with Crippen LogP contribution in [0.25, 0.3) is 50.7 Å². The Morgan fingerprint density at radius 2 is 0.719 bits per heavy atom. The van der Waals surface area contributed by atoms with Crippen molar-refractivity contribution in [2.75, 3.05) is 0 Å². The van der Waals surface area contributed by atoms with Crippen molar-refractivity contribution in [1.82, 2.24) is 43.1 Å². The molecule has 0 aliphatic heterocycles. The monoisotopic (exact) mass is 939 g/mol. The molecule has 0 saturated heterocycles. The van der Waals surface area contributed by atoms with Crippen LogP contribution in [-0.2, 0) is 16.0 Å². The minimum absolute atomic E-state index is 0.108. The fourth-order valence-corrected chi connectivity index (χ4v) is 12.9. The summed E-state index contributed by atoms with van der Waals surface area (Å²) in [5.74, 6) is 2.81. The summed E-state index contributed by atoms with van der Waals surface area (Å²) >= 11 is 0.323. The molecule has 10 rings (SSSR count). The molecule has 0 amide bonds. The number of imidazole rings is 3. The van der Waals surface area contributed by atoms with Gasteiger partial charge in [-0.05, 0) is 0 Å². The van der Waals surface area contributed by atoms with E-state index in [2.05, 4.69) is 138 Å². The van der Waals surface area contributed by atoms with Gasteiger partial charge in [0, 0.05) is 0 Å². The molecular weight excluding hydrogens is 903 g/mol. The Morgan fingerprint density at radius 1 is 0.386 bits per heavy atom. The number of fused-ring (bicyclic) bond motifs is 3. The van der Waals surface area contributed by atoms with E-state index in [-0.39, 0.29) is 44.9 Å². The van der Waals surface area contributed by atoms with Crippen LogP contribution >= 0.6 is 0 Å². The molecule has 276 valence electrons. The van der Waals surface area contributed by atoms with E-state index in [1.807, 2.05) is 36.8 Å². The van der Waals surface area contributed by atoms with E-state index >= 15 is 0 Å². The van der Waals surface area contributed by atoms with Crippen molar-refractivity contribution in [3.8, 4) is 34.2 Å². The fourth-order valence-electron chi connectivity index (χ4n) is 6.99. The van der Waals surface area contributed by atoms with E-state index in [1.165, 1.54) is 16.7 Å². The second kappa shape index (κ2) is 16.0. The maximum absolute atomic E-state index is 5.21. The molecule has 9 heterocycles. The summed E-state index contributed by atoms with van der Waals surface area (Å²) in [6, 6.07) is 38.5. The van der Waals surface area contributed by atoms with Gasteiger partial charge in [-0.1, -0.05) is 0 Å². The molecule has 0 bridgehead atoms. The average molecular weight is 937 g/mol. The van der Waals surface area contributed by atoms with E-state index in [0.29, 0.717) is 0 Å². The van der Waals surface area contributed by atoms with Gasteiger partial charge in [0.15, 0.2) is 0 Å². The average Bonchev–Trinajstić information content (AvgIpc) is 3.97. The summed E-state index contributed by atoms with van der Waals surface area (Å²) in [5, 5.41) is 2.83. The van der Waals surface area contributed by atoms with Crippen LogP contribution in [0.15, 0.2) is 165 Å². The molecular formula is C45H33N9Se3. The quantitative estimate of drug-likeness (QED) is 0.153. The summed E-state index contributed by atoms with van der Waals surface area (Å²) in [7, 11) is 0. The molecule has 0 radical (unpaired) electrons. The van der Waals surface area contributed by atoms with Crippen LogP contribution < -0.4 is 13.8 Å². The van der Waals surface area contributed by atoms with Gasteiger partial charge in [0.05, 0.1) is 0 Å².